The topological polar surface area (TPSA) is 75.7 Å². The van der Waals surface area contributed by atoms with Crippen LogP contribution >= 0.6 is 11.6 Å². The van der Waals surface area contributed by atoms with Crippen molar-refractivity contribution >= 4 is 33.2 Å². The molecular formula is C20H23ClN2O4S. The highest BCUT2D eigenvalue weighted by Crippen LogP contribution is 2.39. The highest BCUT2D eigenvalue weighted by molar-refractivity contribution is 7.92. The monoisotopic (exact) mass is 422 g/mol. The average molecular weight is 423 g/mol. The quantitative estimate of drug-likeness (QED) is 0.799. The van der Waals surface area contributed by atoms with Crippen LogP contribution in [0, 0.1) is 0 Å². The molecular weight excluding hydrogens is 400 g/mol. The molecule has 1 amide bonds. The first kappa shape index (κ1) is 20.5. The van der Waals surface area contributed by atoms with Crippen molar-refractivity contribution in [1.29, 1.82) is 0 Å². The van der Waals surface area contributed by atoms with Crippen molar-refractivity contribution in [2.45, 2.75) is 31.9 Å². The number of rotatable bonds is 5. The summed E-state index contributed by atoms with van der Waals surface area (Å²) >= 11 is 6.15. The van der Waals surface area contributed by atoms with Crippen LogP contribution in [0.5, 0.6) is 5.75 Å². The highest BCUT2D eigenvalue weighted by Gasteiger charge is 2.35. The molecule has 1 heterocycles. The summed E-state index contributed by atoms with van der Waals surface area (Å²) < 4.78 is 31.6. The molecule has 3 rings (SSSR count). The second kappa shape index (κ2) is 7.64. The Bertz CT molecular complexity index is 991. The number of carbonyl (C=O) groups excluding carboxylic acids is 1. The van der Waals surface area contributed by atoms with Crippen molar-refractivity contribution in [3.8, 4) is 5.75 Å². The largest absolute Gasteiger partial charge is 0.487 e. The Morgan fingerprint density at radius 3 is 2.54 bits per heavy atom. The van der Waals surface area contributed by atoms with Gasteiger partial charge in [-0.05, 0) is 32.0 Å². The lowest BCUT2D eigenvalue weighted by atomic mass is 9.89. The summed E-state index contributed by atoms with van der Waals surface area (Å²) in [7, 11) is -3.70. The van der Waals surface area contributed by atoms with Gasteiger partial charge < -0.3 is 10.1 Å². The molecule has 2 aromatic rings. The van der Waals surface area contributed by atoms with Crippen LogP contribution < -0.4 is 14.4 Å². The zero-order chi connectivity index (χ0) is 20.5. The summed E-state index contributed by atoms with van der Waals surface area (Å²) in [5, 5.41) is 3.22. The van der Waals surface area contributed by atoms with E-state index in [1.807, 2.05) is 38.1 Å². The van der Waals surface area contributed by atoms with E-state index >= 15 is 0 Å². The second-order valence-electron chi connectivity index (χ2n) is 7.44. The number of hydrogen-bond donors (Lipinski definition) is 1. The number of para-hydroxylation sites is 2. The SMILES string of the molecule is CC1(C)C[C@H](NC(=O)CN(c2ccccc2Cl)S(C)(=O)=O)c2ccccc2O1. The third-order valence-corrected chi connectivity index (χ3v) is 5.97. The minimum Gasteiger partial charge on any atom is -0.487 e. The fourth-order valence-electron chi connectivity index (χ4n) is 3.34. The Balaban J connectivity index is 1.83. The van der Waals surface area contributed by atoms with E-state index in [1.165, 1.54) is 0 Å². The molecule has 6 nitrogen and oxygen atoms in total. The summed E-state index contributed by atoms with van der Waals surface area (Å²) in [6.45, 7) is 3.55. The van der Waals surface area contributed by atoms with Crippen LogP contribution in [-0.4, -0.2) is 32.7 Å². The first-order valence-corrected chi connectivity index (χ1v) is 11.1. The third kappa shape index (κ3) is 4.59. The Kier molecular flexibility index (Phi) is 5.59. The Morgan fingerprint density at radius 1 is 1.21 bits per heavy atom. The lowest BCUT2D eigenvalue weighted by Gasteiger charge is -2.38. The molecule has 0 saturated carbocycles. The van der Waals surface area contributed by atoms with Crippen molar-refractivity contribution < 1.29 is 17.9 Å². The van der Waals surface area contributed by atoms with Crippen molar-refractivity contribution in [1.82, 2.24) is 5.32 Å². The zero-order valence-corrected chi connectivity index (χ0v) is 17.5. The number of fused-ring (bicyclic) bond motifs is 1. The standard InChI is InChI=1S/C20H23ClN2O4S/c1-20(2)12-16(14-8-4-7-11-18(14)27-20)22-19(24)13-23(28(3,25)26)17-10-6-5-9-15(17)21/h4-11,16H,12-13H2,1-3H3,(H,22,24)/t16-/m0/s1. The van der Waals surface area contributed by atoms with Gasteiger partial charge in [0.1, 0.15) is 17.9 Å². The number of halogens is 1. The van der Waals surface area contributed by atoms with Gasteiger partial charge in [-0.15, -0.1) is 0 Å². The molecule has 0 fully saturated rings. The Hall–Kier alpha value is -2.25. The van der Waals surface area contributed by atoms with E-state index in [-0.39, 0.29) is 23.3 Å². The molecule has 0 unspecified atom stereocenters. The van der Waals surface area contributed by atoms with Gasteiger partial charge in [0, 0.05) is 12.0 Å². The van der Waals surface area contributed by atoms with Crippen LogP contribution in [0.3, 0.4) is 0 Å². The number of sulfonamides is 1. The molecule has 8 heteroatoms. The molecule has 0 bridgehead atoms. The summed E-state index contributed by atoms with van der Waals surface area (Å²) in [5.74, 6) is 0.304. The van der Waals surface area contributed by atoms with E-state index in [4.69, 9.17) is 16.3 Å². The third-order valence-electron chi connectivity index (χ3n) is 4.52. The van der Waals surface area contributed by atoms with Gasteiger partial charge in [-0.3, -0.25) is 9.10 Å². The maximum absolute atomic E-state index is 12.8. The predicted octanol–water partition coefficient (Wildman–Crippen LogP) is 3.52. The van der Waals surface area contributed by atoms with Crippen molar-refractivity contribution in [2.75, 3.05) is 17.1 Å². The molecule has 1 aliphatic heterocycles. The van der Waals surface area contributed by atoms with E-state index in [1.54, 1.807) is 24.3 Å². The average Bonchev–Trinajstić information content (AvgIpc) is 2.58. The zero-order valence-electron chi connectivity index (χ0n) is 16.0. The van der Waals surface area contributed by atoms with Crippen LogP contribution in [0.25, 0.3) is 0 Å². The van der Waals surface area contributed by atoms with Crippen molar-refractivity contribution in [3.63, 3.8) is 0 Å². The number of amides is 1. The number of nitrogens with zero attached hydrogens (tertiary/aromatic N) is 1. The van der Waals surface area contributed by atoms with Gasteiger partial charge in [0.2, 0.25) is 15.9 Å². The van der Waals surface area contributed by atoms with Gasteiger partial charge >= 0.3 is 0 Å². The lowest BCUT2D eigenvalue weighted by Crippen LogP contribution is -2.45. The summed E-state index contributed by atoms with van der Waals surface area (Å²) in [5.41, 5.74) is 0.694. The summed E-state index contributed by atoms with van der Waals surface area (Å²) in [6, 6.07) is 13.8. The van der Waals surface area contributed by atoms with Crippen molar-refractivity contribution in [2.24, 2.45) is 0 Å². The van der Waals surface area contributed by atoms with E-state index in [2.05, 4.69) is 5.32 Å². The molecule has 0 saturated heterocycles. The van der Waals surface area contributed by atoms with E-state index in [0.29, 0.717) is 6.42 Å². The summed E-state index contributed by atoms with van der Waals surface area (Å²) in [4.78, 5) is 12.8. The number of nitrogens with one attached hydrogen (secondary N) is 1. The predicted molar refractivity (Wildman–Crippen MR) is 110 cm³/mol. The molecule has 0 aromatic heterocycles. The van der Waals surface area contributed by atoms with E-state index < -0.39 is 21.5 Å². The van der Waals surface area contributed by atoms with E-state index in [9.17, 15) is 13.2 Å². The molecule has 28 heavy (non-hydrogen) atoms. The van der Waals surface area contributed by atoms with Crippen LogP contribution in [0.15, 0.2) is 48.5 Å². The molecule has 0 aliphatic carbocycles. The van der Waals surface area contributed by atoms with Gasteiger partial charge in [0.15, 0.2) is 0 Å². The maximum atomic E-state index is 12.8. The molecule has 1 N–H and O–H groups in total. The maximum Gasteiger partial charge on any atom is 0.241 e. The fraction of sp³-hybridized carbons (Fsp3) is 0.350. The van der Waals surface area contributed by atoms with Crippen LogP contribution in [-0.2, 0) is 14.8 Å². The Labute approximate surface area is 170 Å². The normalized spacial score (nSPS) is 17.9. The number of hydrogen-bond acceptors (Lipinski definition) is 4. The van der Waals surface area contributed by atoms with Gasteiger partial charge in [0.25, 0.3) is 0 Å². The second-order valence-corrected chi connectivity index (χ2v) is 9.76. The Morgan fingerprint density at radius 2 is 1.86 bits per heavy atom. The van der Waals surface area contributed by atoms with E-state index in [0.717, 1.165) is 21.9 Å². The first-order valence-electron chi connectivity index (χ1n) is 8.86. The molecule has 0 spiro atoms. The van der Waals surface area contributed by atoms with Crippen LogP contribution in [0.4, 0.5) is 5.69 Å². The number of anilines is 1. The minimum absolute atomic E-state index is 0.262. The smallest absolute Gasteiger partial charge is 0.241 e. The first-order chi connectivity index (χ1) is 13.1. The molecule has 1 atom stereocenters. The van der Waals surface area contributed by atoms with Gasteiger partial charge in [0.05, 0.1) is 23.0 Å². The minimum atomic E-state index is -3.70. The molecule has 150 valence electrons. The fourth-order valence-corrected chi connectivity index (χ4v) is 4.49. The van der Waals surface area contributed by atoms with Crippen molar-refractivity contribution in [3.05, 3.63) is 59.1 Å². The van der Waals surface area contributed by atoms with Gasteiger partial charge in [-0.2, -0.15) is 0 Å². The van der Waals surface area contributed by atoms with Gasteiger partial charge in [-0.25, -0.2) is 8.42 Å². The van der Waals surface area contributed by atoms with Crippen LogP contribution in [0.2, 0.25) is 5.02 Å². The lowest BCUT2D eigenvalue weighted by molar-refractivity contribution is -0.120. The summed E-state index contributed by atoms with van der Waals surface area (Å²) in [6.07, 6.45) is 1.62. The molecule has 0 radical (unpaired) electrons. The van der Waals surface area contributed by atoms with Crippen LogP contribution in [0.1, 0.15) is 31.9 Å². The van der Waals surface area contributed by atoms with Gasteiger partial charge in [-0.1, -0.05) is 41.9 Å². The molecule has 2 aromatic carbocycles. The number of benzene rings is 2. The highest BCUT2D eigenvalue weighted by atomic mass is 35.5. The number of ether oxygens (including phenoxy) is 1. The molecule has 1 aliphatic rings. The number of carbonyl (C=O) groups is 1.